The van der Waals surface area contributed by atoms with E-state index in [0.29, 0.717) is 24.1 Å². The van der Waals surface area contributed by atoms with Gasteiger partial charge in [0, 0.05) is 18.0 Å². The zero-order valence-electron chi connectivity index (χ0n) is 11.4. The monoisotopic (exact) mass is 274 g/mol. The number of hydrogen-bond donors (Lipinski definition) is 1. The number of nitrogens with zero attached hydrogens (tertiary/aromatic N) is 1. The van der Waals surface area contributed by atoms with Gasteiger partial charge in [0.25, 0.3) is 5.91 Å². The molecule has 0 aromatic carbocycles. The van der Waals surface area contributed by atoms with Gasteiger partial charge in [0.05, 0.1) is 5.71 Å². The molecule has 0 radical (unpaired) electrons. The Bertz CT molecular complexity index is 527. The van der Waals surface area contributed by atoms with E-state index in [1.807, 2.05) is 0 Å². The largest absolute Gasteiger partial charge is 0.352 e. The summed E-state index contributed by atoms with van der Waals surface area (Å²) >= 11 is 0. The number of rotatable bonds is 2. The summed E-state index contributed by atoms with van der Waals surface area (Å²) in [7, 11) is 0. The van der Waals surface area contributed by atoms with Crippen molar-refractivity contribution in [2.75, 3.05) is 0 Å². The third kappa shape index (κ3) is 2.44. The van der Waals surface area contributed by atoms with Crippen LogP contribution < -0.4 is 5.32 Å². The predicted octanol–water partition coefficient (Wildman–Crippen LogP) is 1.32. The zero-order valence-corrected chi connectivity index (χ0v) is 11.4. The fourth-order valence-corrected chi connectivity index (χ4v) is 3.14. The molecule has 2 amide bonds. The van der Waals surface area contributed by atoms with Crippen molar-refractivity contribution in [1.82, 2.24) is 5.32 Å². The highest BCUT2D eigenvalue weighted by molar-refractivity contribution is 6.28. The van der Waals surface area contributed by atoms with E-state index in [1.165, 1.54) is 6.08 Å². The van der Waals surface area contributed by atoms with Gasteiger partial charge in [-0.2, -0.15) is 0 Å². The van der Waals surface area contributed by atoms with Gasteiger partial charge in [0.15, 0.2) is 5.78 Å². The Balaban J connectivity index is 1.76. The maximum absolute atomic E-state index is 12.2. The Morgan fingerprint density at radius 2 is 1.90 bits per heavy atom. The molecule has 3 rings (SSSR count). The molecular weight excluding hydrogens is 256 g/mol. The van der Waals surface area contributed by atoms with Crippen molar-refractivity contribution in [2.45, 2.75) is 51.0 Å². The smallest absolute Gasteiger partial charge is 0.262 e. The van der Waals surface area contributed by atoms with E-state index in [9.17, 15) is 14.4 Å². The number of aliphatic imine (C=N–C) groups is 1. The van der Waals surface area contributed by atoms with E-state index >= 15 is 0 Å². The van der Waals surface area contributed by atoms with E-state index < -0.39 is 11.8 Å². The first-order chi connectivity index (χ1) is 9.65. The van der Waals surface area contributed by atoms with Gasteiger partial charge in [-0.1, -0.05) is 18.9 Å². The lowest BCUT2D eigenvalue weighted by Gasteiger charge is -2.23. The van der Waals surface area contributed by atoms with Gasteiger partial charge in [0.2, 0.25) is 5.91 Å². The first-order valence-electron chi connectivity index (χ1n) is 7.32. The highest BCUT2D eigenvalue weighted by Crippen LogP contribution is 2.25. The summed E-state index contributed by atoms with van der Waals surface area (Å²) in [6, 6.07) is 0.168. The molecule has 1 heterocycles. The van der Waals surface area contributed by atoms with E-state index in [4.69, 9.17) is 0 Å². The van der Waals surface area contributed by atoms with Crippen LogP contribution in [0.25, 0.3) is 0 Å². The fraction of sp³-hybridized carbons (Fsp3) is 0.600. The molecule has 3 aliphatic rings. The van der Waals surface area contributed by atoms with E-state index in [0.717, 1.165) is 32.1 Å². The predicted molar refractivity (Wildman–Crippen MR) is 73.3 cm³/mol. The number of hydrogen-bond acceptors (Lipinski definition) is 3. The highest BCUT2D eigenvalue weighted by atomic mass is 16.2. The number of dihydropyridines is 1. The minimum absolute atomic E-state index is 0.00108. The Morgan fingerprint density at radius 1 is 1.15 bits per heavy atom. The maximum atomic E-state index is 12.2. The van der Waals surface area contributed by atoms with Crippen LogP contribution in [0.3, 0.4) is 0 Å². The molecule has 20 heavy (non-hydrogen) atoms. The molecule has 0 aromatic rings. The molecule has 0 spiro atoms. The molecule has 2 aliphatic carbocycles. The lowest BCUT2D eigenvalue weighted by molar-refractivity contribution is -0.131. The average molecular weight is 274 g/mol. The fourth-order valence-electron chi connectivity index (χ4n) is 3.14. The molecule has 2 fully saturated rings. The van der Waals surface area contributed by atoms with Crippen LogP contribution in [0.1, 0.15) is 44.9 Å². The number of fused-ring (bicyclic) bond motifs is 1. The number of carbonyl (C=O) groups excluding carboxylic acids is 3. The van der Waals surface area contributed by atoms with E-state index in [1.54, 1.807) is 0 Å². The van der Waals surface area contributed by atoms with Crippen LogP contribution in [0.5, 0.6) is 0 Å². The molecule has 0 saturated heterocycles. The van der Waals surface area contributed by atoms with Crippen LogP contribution in [-0.2, 0) is 14.4 Å². The molecule has 5 heteroatoms. The third-order valence-corrected chi connectivity index (χ3v) is 4.26. The summed E-state index contributed by atoms with van der Waals surface area (Å²) < 4.78 is 0. The van der Waals surface area contributed by atoms with Crippen LogP contribution in [0, 0.1) is 5.92 Å². The SMILES string of the molecule is O=C1CCCC2=NC(=O)C(C(=O)NC3CCCC3)C=C12. The molecule has 1 atom stereocenters. The number of ketones is 1. The van der Waals surface area contributed by atoms with Crippen molar-refractivity contribution >= 4 is 23.3 Å². The van der Waals surface area contributed by atoms with E-state index in [2.05, 4.69) is 10.3 Å². The van der Waals surface area contributed by atoms with Crippen molar-refractivity contribution in [3.05, 3.63) is 11.6 Å². The quantitative estimate of drug-likeness (QED) is 0.772. The van der Waals surface area contributed by atoms with Crippen molar-refractivity contribution < 1.29 is 14.4 Å². The van der Waals surface area contributed by atoms with Crippen LogP contribution in [-0.4, -0.2) is 29.4 Å². The number of Topliss-reactive ketones (excluding diaryl/α,β-unsaturated/α-hetero) is 1. The highest BCUT2D eigenvalue weighted by Gasteiger charge is 2.34. The summed E-state index contributed by atoms with van der Waals surface area (Å²) in [5.74, 6) is -1.66. The van der Waals surface area contributed by atoms with Crippen molar-refractivity contribution in [3.8, 4) is 0 Å². The summed E-state index contributed by atoms with van der Waals surface area (Å²) in [6.07, 6.45) is 7.57. The summed E-state index contributed by atoms with van der Waals surface area (Å²) in [5.41, 5.74) is 1.05. The molecule has 1 aliphatic heterocycles. The molecule has 0 aromatic heterocycles. The van der Waals surface area contributed by atoms with Crippen LogP contribution in [0.15, 0.2) is 16.6 Å². The summed E-state index contributed by atoms with van der Waals surface area (Å²) in [6.45, 7) is 0. The second-order valence-electron chi connectivity index (χ2n) is 5.72. The van der Waals surface area contributed by atoms with Gasteiger partial charge in [-0.3, -0.25) is 14.4 Å². The Morgan fingerprint density at radius 3 is 2.65 bits per heavy atom. The normalized spacial score (nSPS) is 26.9. The second kappa shape index (κ2) is 5.31. The Kier molecular flexibility index (Phi) is 3.51. The number of nitrogens with one attached hydrogen (secondary N) is 1. The average Bonchev–Trinajstić information content (AvgIpc) is 2.91. The minimum Gasteiger partial charge on any atom is -0.352 e. The molecule has 5 nitrogen and oxygen atoms in total. The molecule has 0 bridgehead atoms. The Labute approximate surface area is 117 Å². The number of allylic oxidation sites excluding steroid dienone is 1. The molecular formula is C15H18N2O3. The van der Waals surface area contributed by atoms with Gasteiger partial charge in [0.1, 0.15) is 5.92 Å². The first kappa shape index (κ1) is 13.2. The first-order valence-corrected chi connectivity index (χ1v) is 7.32. The second-order valence-corrected chi connectivity index (χ2v) is 5.72. The lowest BCUT2D eigenvalue weighted by atomic mass is 9.86. The molecule has 1 N–H and O–H groups in total. The van der Waals surface area contributed by atoms with Crippen LogP contribution >= 0.6 is 0 Å². The molecule has 106 valence electrons. The van der Waals surface area contributed by atoms with Gasteiger partial charge >= 0.3 is 0 Å². The van der Waals surface area contributed by atoms with Crippen molar-refractivity contribution in [1.29, 1.82) is 0 Å². The Hall–Kier alpha value is -1.78. The van der Waals surface area contributed by atoms with Crippen molar-refractivity contribution in [2.24, 2.45) is 10.9 Å². The standard InChI is InChI=1S/C15H18N2O3/c18-13-7-3-6-12-10(13)8-11(15(20)17-12)14(19)16-9-4-1-2-5-9/h8-9,11H,1-7H2,(H,16,19). The van der Waals surface area contributed by atoms with Gasteiger partial charge in [-0.15, -0.1) is 0 Å². The lowest BCUT2D eigenvalue weighted by Crippen LogP contribution is -2.41. The molecule has 2 saturated carbocycles. The van der Waals surface area contributed by atoms with Crippen LogP contribution in [0.2, 0.25) is 0 Å². The van der Waals surface area contributed by atoms with Crippen molar-refractivity contribution in [3.63, 3.8) is 0 Å². The number of carbonyl (C=O) groups is 3. The van der Waals surface area contributed by atoms with Crippen LogP contribution in [0.4, 0.5) is 0 Å². The van der Waals surface area contributed by atoms with Gasteiger partial charge in [-0.05, 0) is 25.7 Å². The maximum Gasteiger partial charge on any atom is 0.262 e. The topological polar surface area (TPSA) is 75.6 Å². The van der Waals surface area contributed by atoms with E-state index in [-0.39, 0.29) is 17.7 Å². The van der Waals surface area contributed by atoms with Gasteiger partial charge in [-0.25, -0.2) is 4.99 Å². The number of amides is 2. The van der Waals surface area contributed by atoms with Gasteiger partial charge < -0.3 is 5.32 Å². The summed E-state index contributed by atoms with van der Waals surface area (Å²) in [5, 5.41) is 2.90. The zero-order chi connectivity index (χ0) is 14.1. The third-order valence-electron chi connectivity index (χ3n) is 4.26. The molecule has 1 unspecified atom stereocenters. The minimum atomic E-state index is -0.920. The summed E-state index contributed by atoms with van der Waals surface area (Å²) in [4.78, 5) is 40.0.